The van der Waals surface area contributed by atoms with E-state index in [-0.39, 0.29) is 11.8 Å². The Labute approximate surface area is 157 Å². The summed E-state index contributed by atoms with van der Waals surface area (Å²) in [4.78, 5) is 27.2. The summed E-state index contributed by atoms with van der Waals surface area (Å²) in [5, 5.41) is 3.42. The van der Waals surface area contributed by atoms with Crippen LogP contribution in [-0.4, -0.2) is 23.5 Å². The summed E-state index contributed by atoms with van der Waals surface area (Å²) in [5.41, 5.74) is 1.16. The zero-order chi connectivity index (χ0) is 19.1. The zero-order valence-corrected chi connectivity index (χ0v) is 15.9. The number of hydrogen-bond donors (Lipinski definition) is 1. The molecule has 0 fully saturated rings. The summed E-state index contributed by atoms with van der Waals surface area (Å²) in [6, 6.07) is 11.7. The fraction of sp³-hybridized carbons (Fsp3) is 0.300. The molecule has 0 spiro atoms. The van der Waals surface area contributed by atoms with Gasteiger partial charge in [0.2, 0.25) is 5.91 Å². The molecule has 1 unspecified atom stereocenters. The molecule has 1 aliphatic rings. The van der Waals surface area contributed by atoms with Crippen molar-refractivity contribution >= 4 is 34.8 Å². The van der Waals surface area contributed by atoms with Crippen LogP contribution >= 0.6 is 11.6 Å². The number of aryl methyl sites for hydroxylation is 1. The van der Waals surface area contributed by atoms with Crippen LogP contribution in [0.15, 0.2) is 42.5 Å². The Kier molecular flexibility index (Phi) is 4.67. The van der Waals surface area contributed by atoms with Gasteiger partial charge in [-0.2, -0.15) is 0 Å². The number of carbonyl (C=O) groups excluding carboxylic acids is 2. The van der Waals surface area contributed by atoms with Crippen LogP contribution < -0.4 is 15.0 Å². The van der Waals surface area contributed by atoms with Gasteiger partial charge in [0.1, 0.15) is 11.8 Å². The van der Waals surface area contributed by atoms with Crippen molar-refractivity contribution in [3.8, 4) is 5.75 Å². The Balaban J connectivity index is 1.93. The highest BCUT2D eigenvalue weighted by Crippen LogP contribution is 2.39. The maximum absolute atomic E-state index is 13.0. The molecule has 2 aromatic carbocycles. The number of rotatable bonds is 3. The first-order valence-corrected chi connectivity index (χ1v) is 8.76. The molecule has 0 bridgehead atoms. The minimum Gasteiger partial charge on any atom is -0.476 e. The second-order valence-electron chi connectivity index (χ2n) is 6.93. The number of ether oxygens (including phenoxy) is 1. The lowest BCUT2D eigenvalue weighted by atomic mass is 10.0. The van der Waals surface area contributed by atoms with Crippen molar-refractivity contribution in [2.24, 2.45) is 0 Å². The van der Waals surface area contributed by atoms with Crippen LogP contribution in [-0.2, 0) is 9.59 Å². The molecule has 136 valence electrons. The van der Waals surface area contributed by atoms with Gasteiger partial charge in [-0.15, -0.1) is 0 Å². The van der Waals surface area contributed by atoms with Gasteiger partial charge in [0, 0.05) is 10.7 Å². The quantitative estimate of drug-likeness (QED) is 0.879. The summed E-state index contributed by atoms with van der Waals surface area (Å²) in [6.45, 7) is 7.04. The topological polar surface area (TPSA) is 58.6 Å². The summed E-state index contributed by atoms with van der Waals surface area (Å²) in [5.74, 6) is 0.0477. The molecule has 1 heterocycles. The first kappa shape index (κ1) is 18.3. The molecule has 0 saturated carbocycles. The number of hydrogen-bond acceptors (Lipinski definition) is 3. The maximum Gasteiger partial charge on any atom is 0.271 e. The molecule has 0 saturated heterocycles. The van der Waals surface area contributed by atoms with Gasteiger partial charge in [0.25, 0.3) is 5.91 Å². The highest BCUT2D eigenvalue weighted by Gasteiger charge is 2.44. The fourth-order valence-electron chi connectivity index (χ4n) is 2.90. The third-order valence-electron chi connectivity index (χ3n) is 4.35. The molecule has 1 aliphatic heterocycles. The van der Waals surface area contributed by atoms with E-state index in [1.54, 1.807) is 45.0 Å². The van der Waals surface area contributed by atoms with E-state index in [0.717, 1.165) is 5.56 Å². The first-order chi connectivity index (χ1) is 12.2. The van der Waals surface area contributed by atoms with E-state index >= 15 is 0 Å². The molecule has 2 aromatic rings. The molecule has 5 nitrogen and oxygen atoms in total. The predicted octanol–water partition coefficient (Wildman–Crippen LogP) is 4.18. The van der Waals surface area contributed by atoms with Crippen LogP contribution in [0, 0.1) is 6.92 Å². The van der Waals surface area contributed by atoms with Crippen molar-refractivity contribution in [1.82, 2.24) is 0 Å². The molecule has 1 N–H and O–H groups in total. The number of halogens is 1. The van der Waals surface area contributed by atoms with Crippen LogP contribution in [0.2, 0.25) is 5.02 Å². The average Bonchev–Trinajstić information content (AvgIpc) is 2.58. The van der Waals surface area contributed by atoms with E-state index in [9.17, 15) is 9.59 Å². The monoisotopic (exact) mass is 372 g/mol. The number of nitrogens with zero attached hydrogens (tertiary/aromatic N) is 1. The molecule has 0 aliphatic carbocycles. The largest absolute Gasteiger partial charge is 0.476 e. The molecular weight excluding hydrogens is 352 g/mol. The van der Waals surface area contributed by atoms with Gasteiger partial charge < -0.3 is 10.1 Å². The second-order valence-corrected chi connectivity index (χ2v) is 7.37. The smallest absolute Gasteiger partial charge is 0.271 e. The average molecular weight is 373 g/mol. The van der Waals surface area contributed by atoms with Crippen LogP contribution in [0.3, 0.4) is 0 Å². The molecule has 6 heteroatoms. The van der Waals surface area contributed by atoms with Gasteiger partial charge in [-0.3, -0.25) is 14.5 Å². The summed E-state index contributed by atoms with van der Waals surface area (Å²) < 4.78 is 5.84. The van der Waals surface area contributed by atoms with Crippen molar-refractivity contribution in [2.75, 3.05) is 10.2 Å². The minimum atomic E-state index is -1.04. The van der Waals surface area contributed by atoms with Crippen molar-refractivity contribution < 1.29 is 14.3 Å². The SMILES string of the molecule is Cc1ccc2c(c1)N(C(C)C(=O)Nc1ccc(Cl)cc1)C(=O)C(C)(C)O2. The Morgan fingerprint density at radius 2 is 1.85 bits per heavy atom. The zero-order valence-electron chi connectivity index (χ0n) is 15.2. The lowest BCUT2D eigenvalue weighted by molar-refractivity contribution is -0.134. The van der Waals surface area contributed by atoms with Crippen molar-refractivity contribution in [2.45, 2.75) is 39.3 Å². The summed E-state index contributed by atoms with van der Waals surface area (Å²) in [6.07, 6.45) is 0. The molecule has 1 atom stereocenters. The van der Waals surface area contributed by atoms with E-state index < -0.39 is 11.6 Å². The Morgan fingerprint density at radius 3 is 2.50 bits per heavy atom. The molecule has 3 rings (SSSR count). The standard InChI is InChI=1S/C20H21ClN2O3/c1-12-5-10-17-16(11-12)23(19(25)20(3,4)26-17)13(2)18(24)22-15-8-6-14(21)7-9-15/h5-11,13H,1-4H3,(H,22,24). The minimum absolute atomic E-state index is 0.255. The Bertz CT molecular complexity index is 862. The van der Waals surface area contributed by atoms with Crippen LogP contribution in [0.1, 0.15) is 26.3 Å². The van der Waals surface area contributed by atoms with Gasteiger partial charge >= 0.3 is 0 Å². The van der Waals surface area contributed by atoms with Gasteiger partial charge in [-0.25, -0.2) is 0 Å². The first-order valence-electron chi connectivity index (χ1n) is 8.39. The number of nitrogens with one attached hydrogen (secondary N) is 1. The number of fused-ring (bicyclic) bond motifs is 1. The third kappa shape index (κ3) is 3.40. The highest BCUT2D eigenvalue weighted by atomic mass is 35.5. The third-order valence-corrected chi connectivity index (χ3v) is 4.60. The second kappa shape index (κ2) is 6.65. The van der Waals surface area contributed by atoms with Gasteiger partial charge in [0.05, 0.1) is 5.69 Å². The van der Waals surface area contributed by atoms with Gasteiger partial charge in [0.15, 0.2) is 5.60 Å². The number of carbonyl (C=O) groups is 2. The van der Waals surface area contributed by atoms with Crippen molar-refractivity contribution in [1.29, 1.82) is 0 Å². The fourth-order valence-corrected chi connectivity index (χ4v) is 3.03. The maximum atomic E-state index is 13.0. The van der Waals surface area contributed by atoms with Gasteiger partial charge in [-0.05, 0) is 69.7 Å². The Hall–Kier alpha value is -2.53. The van der Waals surface area contributed by atoms with Gasteiger partial charge in [-0.1, -0.05) is 17.7 Å². The molecule has 26 heavy (non-hydrogen) atoms. The van der Waals surface area contributed by atoms with Crippen molar-refractivity contribution in [3.05, 3.63) is 53.1 Å². The predicted molar refractivity (Wildman–Crippen MR) is 103 cm³/mol. The normalized spacial score (nSPS) is 16.5. The van der Waals surface area contributed by atoms with E-state index in [1.807, 2.05) is 25.1 Å². The lowest BCUT2D eigenvalue weighted by Crippen LogP contribution is -2.57. The van der Waals surface area contributed by atoms with Crippen LogP contribution in [0.4, 0.5) is 11.4 Å². The number of amides is 2. The van der Waals surface area contributed by atoms with Crippen LogP contribution in [0.25, 0.3) is 0 Å². The lowest BCUT2D eigenvalue weighted by Gasteiger charge is -2.41. The Morgan fingerprint density at radius 1 is 1.19 bits per heavy atom. The summed E-state index contributed by atoms with van der Waals surface area (Å²) in [7, 11) is 0. The van der Waals surface area contributed by atoms with E-state index in [0.29, 0.717) is 22.1 Å². The highest BCUT2D eigenvalue weighted by molar-refractivity contribution is 6.30. The number of anilines is 2. The van der Waals surface area contributed by atoms with Crippen LogP contribution in [0.5, 0.6) is 5.75 Å². The molecular formula is C20H21ClN2O3. The molecule has 0 radical (unpaired) electrons. The van der Waals surface area contributed by atoms with E-state index in [4.69, 9.17) is 16.3 Å². The van der Waals surface area contributed by atoms with E-state index in [2.05, 4.69) is 5.32 Å². The number of benzene rings is 2. The van der Waals surface area contributed by atoms with Crippen molar-refractivity contribution in [3.63, 3.8) is 0 Å². The molecule has 0 aromatic heterocycles. The summed E-state index contributed by atoms with van der Waals surface area (Å²) >= 11 is 5.87. The van der Waals surface area contributed by atoms with E-state index in [1.165, 1.54) is 4.90 Å². The molecule has 2 amide bonds.